The normalized spacial score (nSPS) is 10.5. The topological polar surface area (TPSA) is 43.1 Å². The first kappa shape index (κ1) is 14.5. The average molecular weight is 213 g/mol. The summed E-state index contributed by atoms with van der Waals surface area (Å²) in [7, 11) is 0. The van der Waals surface area contributed by atoms with Crippen LogP contribution in [0.1, 0.15) is 77.6 Å². The van der Waals surface area contributed by atoms with E-state index >= 15 is 0 Å². The van der Waals surface area contributed by atoms with Gasteiger partial charge in [-0.25, -0.2) is 0 Å². The molecule has 0 saturated heterocycles. The maximum absolute atomic E-state index is 10.5. The van der Waals surface area contributed by atoms with Crippen LogP contribution in [0.15, 0.2) is 0 Å². The Morgan fingerprint density at radius 3 is 1.60 bits per heavy atom. The summed E-state index contributed by atoms with van der Waals surface area (Å²) in [6.45, 7) is 2.25. The highest BCUT2D eigenvalue weighted by atomic mass is 16.1. The molecule has 15 heavy (non-hydrogen) atoms. The summed E-state index contributed by atoms with van der Waals surface area (Å²) in [6.07, 6.45) is 13.6. The van der Waals surface area contributed by atoms with E-state index in [0.29, 0.717) is 6.42 Å². The zero-order chi connectivity index (χ0) is 11.4. The van der Waals surface area contributed by atoms with Gasteiger partial charge in [-0.05, 0) is 6.42 Å². The van der Waals surface area contributed by atoms with Crippen molar-refractivity contribution >= 4 is 5.91 Å². The number of unbranched alkanes of at least 4 members (excludes halogenated alkanes) is 9. The standard InChI is InChI=1S/C13H27NO/c1-2-3-4-5-6-7-8-9-10-11-12-13(14)15/h2-12H2,1H3,(H2,14,15). The molecule has 0 unspecified atom stereocenters. The fourth-order valence-corrected chi connectivity index (χ4v) is 1.79. The lowest BCUT2D eigenvalue weighted by Crippen LogP contribution is -2.09. The molecule has 2 N–H and O–H groups in total. The molecule has 0 saturated carbocycles. The minimum atomic E-state index is -0.158. The molecule has 1 amide bonds. The molecule has 0 aromatic heterocycles. The second-order valence-corrected chi connectivity index (χ2v) is 4.40. The molecule has 0 radical (unpaired) electrons. The van der Waals surface area contributed by atoms with Crippen molar-refractivity contribution in [2.45, 2.75) is 77.6 Å². The van der Waals surface area contributed by atoms with E-state index in [4.69, 9.17) is 5.73 Å². The van der Waals surface area contributed by atoms with Crippen molar-refractivity contribution in [2.24, 2.45) is 5.73 Å². The van der Waals surface area contributed by atoms with Gasteiger partial charge in [0.25, 0.3) is 0 Å². The maximum Gasteiger partial charge on any atom is 0.217 e. The summed E-state index contributed by atoms with van der Waals surface area (Å²) in [5.41, 5.74) is 5.06. The fourth-order valence-electron chi connectivity index (χ4n) is 1.79. The first-order valence-electron chi connectivity index (χ1n) is 6.55. The van der Waals surface area contributed by atoms with Gasteiger partial charge in [-0.3, -0.25) is 4.79 Å². The lowest BCUT2D eigenvalue weighted by molar-refractivity contribution is -0.118. The number of primary amides is 1. The summed E-state index contributed by atoms with van der Waals surface area (Å²) in [5, 5.41) is 0. The van der Waals surface area contributed by atoms with Gasteiger partial charge < -0.3 is 5.73 Å². The maximum atomic E-state index is 10.5. The van der Waals surface area contributed by atoms with Crippen LogP contribution in [0.3, 0.4) is 0 Å². The van der Waals surface area contributed by atoms with Gasteiger partial charge in [0.15, 0.2) is 0 Å². The molecule has 0 fully saturated rings. The Balaban J connectivity index is 2.89. The quantitative estimate of drug-likeness (QED) is 0.521. The average Bonchev–Trinajstić information content (AvgIpc) is 2.20. The molecular weight excluding hydrogens is 186 g/mol. The van der Waals surface area contributed by atoms with Gasteiger partial charge in [0.2, 0.25) is 5.91 Å². The van der Waals surface area contributed by atoms with E-state index in [-0.39, 0.29) is 5.91 Å². The molecule has 0 aliphatic carbocycles. The number of hydrogen-bond acceptors (Lipinski definition) is 1. The molecule has 0 spiro atoms. The van der Waals surface area contributed by atoms with Crippen LogP contribution in [0.2, 0.25) is 0 Å². The number of amides is 1. The highest BCUT2D eigenvalue weighted by molar-refractivity contribution is 5.73. The first-order chi connectivity index (χ1) is 7.27. The molecule has 0 heterocycles. The van der Waals surface area contributed by atoms with Crippen molar-refractivity contribution in [1.29, 1.82) is 0 Å². The lowest BCUT2D eigenvalue weighted by atomic mass is 10.1. The Hall–Kier alpha value is -0.530. The van der Waals surface area contributed by atoms with Crippen molar-refractivity contribution in [2.75, 3.05) is 0 Å². The molecule has 2 nitrogen and oxygen atoms in total. The molecule has 0 aliphatic rings. The predicted octanol–water partition coefficient (Wildman–Crippen LogP) is 3.78. The van der Waals surface area contributed by atoms with Crippen LogP contribution >= 0.6 is 0 Å². The van der Waals surface area contributed by atoms with E-state index < -0.39 is 0 Å². The molecule has 90 valence electrons. The molecule has 0 rings (SSSR count). The van der Waals surface area contributed by atoms with Crippen molar-refractivity contribution in [3.8, 4) is 0 Å². The molecule has 0 atom stereocenters. The van der Waals surface area contributed by atoms with Gasteiger partial charge in [-0.15, -0.1) is 0 Å². The molecule has 0 aromatic rings. The molecule has 0 aliphatic heterocycles. The third kappa shape index (κ3) is 13.5. The number of nitrogens with two attached hydrogens (primary N) is 1. The molecule has 0 bridgehead atoms. The minimum Gasteiger partial charge on any atom is -0.370 e. The van der Waals surface area contributed by atoms with Gasteiger partial charge >= 0.3 is 0 Å². The summed E-state index contributed by atoms with van der Waals surface area (Å²) < 4.78 is 0. The Morgan fingerprint density at radius 1 is 0.800 bits per heavy atom. The van der Waals surface area contributed by atoms with Gasteiger partial charge in [-0.2, -0.15) is 0 Å². The van der Waals surface area contributed by atoms with E-state index in [9.17, 15) is 4.79 Å². The van der Waals surface area contributed by atoms with Crippen LogP contribution in [-0.4, -0.2) is 5.91 Å². The minimum absolute atomic E-state index is 0.158. The smallest absolute Gasteiger partial charge is 0.217 e. The first-order valence-corrected chi connectivity index (χ1v) is 6.55. The summed E-state index contributed by atoms with van der Waals surface area (Å²) in [6, 6.07) is 0. The van der Waals surface area contributed by atoms with Crippen LogP contribution in [0.4, 0.5) is 0 Å². The molecule has 2 heteroatoms. The van der Waals surface area contributed by atoms with Gasteiger partial charge in [0.05, 0.1) is 0 Å². The predicted molar refractivity (Wildman–Crippen MR) is 65.7 cm³/mol. The Labute approximate surface area is 94.6 Å². The Morgan fingerprint density at radius 2 is 1.20 bits per heavy atom. The highest BCUT2D eigenvalue weighted by Gasteiger charge is 1.95. The van der Waals surface area contributed by atoms with Crippen LogP contribution in [0.5, 0.6) is 0 Å². The van der Waals surface area contributed by atoms with Crippen molar-refractivity contribution < 1.29 is 4.79 Å². The second kappa shape index (κ2) is 11.5. The van der Waals surface area contributed by atoms with E-state index in [1.165, 1.54) is 51.4 Å². The zero-order valence-corrected chi connectivity index (χ0v) is 10.3. The number of hydrogen-bond donors (Lipinski definition) is 1. The molecular formula is C13H27NO. The van der Waals surface area contributed by atoms with Crippen LogP contribution in [0.25, 0.3) is 0 Å². The number of carbonyl (C=O) groups excluding carboxylic acids is 1. The summed E-state index contributed by atoms with van der Waals surface area (Å²) in [4.78, 5) is 10.5. The van der Waals surface area contributed by atoms with Crippen LogP contribution in [-0.2, 0) is 4.79 Å². The van der Waals surface area contributed by atoms with Gasteiger partial charge in [0, 0.05) is 6.42 Å². The zero-order valence-electron chi connectivity index (χ0n) is 10.3. The fraction of sp³-hybridized carbons (Fsp3) is 0.923. The van der Waals surface area contributed by atoms with Crippen molar-refractivity contribution in [1.82, 2.24) is 0 Å². The monoisotopic (exact) mass is 213 g/mol. The number of carbonyl (C=O) groups is 1. The lowest BCUT2D eigenvalue weighted by Gasteiger charge is -2.01. The number of rotatable bonds is 11. The molecule has 0 aromatic carbocycles. The van der Waals surface area contributed by atoms with E-state index in [2.05, 4.69) is 6.92 Å². The van der Waals surface area contributed by atoms with E-state index in [1.54, 1.807) is 0 Å². The van der Waals surface area contributed by atoms with Gasteiger partial charge in [-0.1, -0.05) is 64.7 Å². The Bertz CT molecular complexity index is 145. The van der Waals surface area contributed by atoms with Crippen molar-refractivity contribution in [3.05, 3.63) is 0 Å². The van der Waals surface area contributed by atoms with E-state index in [0.717, 1.165) is 12.8 Å². The van der Waals surface area contributed by atoms with Crippen molar-refractivity contribution in [3.63, 3.8) is 0 Å². The van der Waals surface area contributed by atoms with Crippen LogP contribution in [0, 0.1) is 0 Å². The second-order valence-electron chi connectivity index (χ2n) is 4.40. The third-order valence-corrected chi connectivity index (χ3v) is 2.78. The Kier molecular flexibility index (Phi) is 11.1. The SMILES string of the molecule is CCCCCCCCCCCCC(N)=O. The highest BCUT2D eigenvalue weighted by Crippen LogP contribution is 2.10. The van der Waals surface area contributed by atoms with Crippen LogP contribution < -0.4 is 5.73 Å². The van der Waals surface area contributed by atoms with Gasteiger partial charge in [0.1, 0.15) is 0 Å². The largest absolute Gasteiger partial charge is 0.370 e. The summed E-state index contributed by atoms with van der Waals surface area (Å²) in [5.74, 6) is -0.158. The third-order valence-electron chi connectivity index (χ3n) is 2.78. The van der Waals surface area contributed by atoms with E-state index in [1.807, 2.05) is 0 Å². The summed E-state index contributed by atoms with van der Waals surface area (Å²) >= 11 is 0.